The monoisotopic (exact) mass is 283 g/mol. The summed E-state index contributed by atoms with van der Waals surface area (Å²) in [5.74, 6) is 0.941. The second kappa shape index (κ2) is 7.28. The van der Waals surface area contributed by atoms with Gasteiger partial charge in [-0.05, 0) is 51.0 Å². The van der Waals surface area contributed by atoms with Crippen molar-refractivity contribution in [3.05, 3.63) is 64.7 Å². The van der Waals surface area contributed by atoms with Gasteiger partial charge >= 0.3 is 0 Å². The molecule has 0 aliphatic rings. The fourth-order valence-corrected chi connectivity index (χ4v) is 2.56. The highest BCUT2D eigenvalue weighted by molar-refractivity contribution is 5.31. The fourth-order valence-electron chi connectivity index (χ4n) is 2.56. The van der Waals surface area contributed by atoms with Crippen molar-refractivity contribution in [2.75, 3.05) is 6.61 Å². The summed E-state index contributed by atoms with van der Waals surface area (Å²) in [6.07, 6.45) is 0. The fraction of sp³-hybridized carbons (Fsp3) is 0.368. The second-order valence-electron chi connectivity index (χ2n) is 5.60. The van der Waals surface area contributed by atoms with Crippen LogP contribution >= 0.6 is 0 Å². The molecule has 2 nitrogen and oxygen atoms in total. The first-order valence-corrected chi connectivity index (χ1v) is 7.62. The number of aryl methyl sites for hydroxylation is 2. The molecule has 0 fully saturated rings. The molecule has 1 unspecified atom stereocenters. The molecule has 0 radical (unpaired) electrons. The van der Waals surface area contributed by atoms with Gasteiger partial charge < -0.3 is 10.1 Å². The third-order valence-corrected chi connectivity index (χ3v) is 3.57. The molecule has 0 saturated heterocycles. The molecule has 1 atom stereocenters. The Balaban J connectivity index is 2.00. The average Bonchev–Trinajstić information content (AvgIpc) is 2.44. The number of hydrogen-bond acceptors (Lipinski definition) is 2. The molecular formula is C19H25NO. The van der Waals surface area contributed by atoms with Crippen LogP contribution in [0.1, 0.15) is 42.1 Å². The SMILES string of the molecule is CCOc1cccc(CNC(C)c2cc(C)cc(C)c2)c1. The minimum atomic E-state index is 0.333. The maximum absolute atomic E-state index is 5.54. The average molecular weight is 283 g/mol. The van der Waals surface area contributed by atoms with E-state index in [1.165, 1.54) is 22.3 Å². The van der Waals surface area contributed by atoms with E-state index in [9.17, 15) is 0 Å². The summed E-state index contributed by atoms with van der Waals surface area (Å²) in [5, 5.41) is 3.58. The zero-order valence-corrected chi connectivity index (χ0v) is 13.4. The van der Waals surface area contributed by atoms with Crippen molar-refractivity contribution in [2.45, 2.75) is 40.3 Å². The standard InChI is InChI=1S/C19H25NO/c1-5-21-19-8-6-7-17(12-19)13-20-16(4)18-10-14(2)9-15(3)11-18/h6-12,16,20H,5,13H2,1-4H3. The molecule has 0 amide bonds. The molecule has 0 aromatic heterocycles. The van der Waals surface area contributed by atoms with Gasteiger partial charge in [0.1, 0.15) is 5.75 Å². The maximum Gasteiger partial charge on any atom is 0.119 e. The van der Waals surface area contributed by atoms with E-state index in [4.69, 9.17) is 4.74 Å². The van der Waals surface area contributed by atoms with E-state index >= 15 is 0 Å². The molecule has 0 saturated carbocycles. The molecule has 2 aromatic rings. The van der Waals surface area contributed by atoms with Gasteiger partial charge in [0.2, 0.25) is 0 Å². The van der Waals surface area contributed by atoms with Crippen LogP contribution in [0.4, 0.5) is 0 Å². The van der Waals surface area contributed by atoms with Gasteiger partial charge in [0.25, 0.3) is 0 Å². The number of hydrogen-bond donors (Lipinski definition) is 1. The van der Waals surface area contributed by atoms with Crippen molar-refractivity contribution >= 4 is 0 Å². The van der Waals surface area contributed by atoms with Crippen LogP contribution < -0.4 is 10.1 Å². The van der Waals surface area contributed by atoms with Crippen molar-refractivity contribution < 1.29 is 4.74 Å². The van der Waals surface area contributed by atoms with E-state index < -0.39 is 0 Å². The van der Waals surface area contributed by atoms with Gasteiger partial charge in [-0.25, -0.2) is 0 Å². The van der Waals surface area contributed by atoms with E-state index in [1.54, 1.807) is 0 Å². The molecule has 0 aliphatic heterocycles. The maximum atomic E-state index is 5.54. The van der Waals surface area contributed by atoms with Crippen LogP contribution in [-0.4, -0.2) is 6.61 Å². The van der Waals surface area contributed by atoms with Crippen LogP contribution in [0.2, 0.25) is 0 Å². The summed E-state index contributed by atoms with van der Waals surface area (Å²) in [7, 11) is 0. The van der Waals surface area contributed by atoms with Gasteiger partial charge in [-0.1, -0.05) is 41.5 Å². The van der Waals surface area contributed by atoms with Crippen molar-refractivity contribution in [2.24, 2.45) is 0 Å². The van der Waals surface area contributed by atoms with Gasteiger partial charge in [-0.3, -0.25) is 0 Å². The first-order chi connectivity index (χ1) is 10.1. The highest BCUT2D eigenvalue weighted by atomic mass is 16.5. The number of rotatable bonds is 6. The molecule has 112 valence electrons. The first-order valence-electron chi connectivity index (χ1n) is 7.62. The van der Waals surface area contributed by atoms with Gasteiger partial charge in [0.05, 0.1) is 6.61 Å². The first kappa shape index (κ1) is 15.6. The molecule has 0 heterocycles. The van der Waals surface area contributed by atoms with E-state index in [0.29, 0.717) is 12.6 Å². The van der Waals surface area contributed by atoms with Gasteiger partial charge in [-0.2, -0.15) is 0 Å². The predicted octanol–water partition coefficient (Wildman–Crippen LogP) is 4.55. The normalized spacial score (nSPS) is 12.2. The van der Waals surface area contributed by atoms with E-state index in [0.717, 1.165) is 12.3 Å². The van der Waals surface area contributed by atoms with Gasteiger partial charge in [0, 0.05) is 12.6 Å². The summed E-state index contributed by atoms with van der Waals surface area (Å²) in [6.45, 7) is 10.1. The zero-order valence-electron chi connectivity index (χ0n) is 13.4. The Hall–Kier alpha value is -1.80. The molecular weight excluding hydrogens is 258 g/mol. The van der Waals surface area contributed by atoms with Gasteiger partial charge in [-0.15, -0.1) is 0 Å². The summed E-state index contributed by atoms with van der Waals surface area (Å²) < 4.78 is 5.54. The zero-order chi connectivity index (χ0) is 15.2. The highest BCUT2D eigenvalue weighted by Crippen LogP contribution is 2.18. The summed E-state index contributed by atoms with van der Waals surface area (Å²) in [4.78, 5) is 0. The molecule has 1 N–H and O–H groups in total. The lowest BCUT2D eigenvalue weighted by Gasteiger charge is -2.16. The molecule has 2 rings (SSSR count). The van der Waals surface area contributed by atoms with Crippen molar-refractivity contribution in [1.82, 2.24) is 5.32 Å². The lowest BCUT2D eigenvalue weighted by molar-refractivity contribution is 0.339. The smallest absolute Gasteiger partial charge is 0.119 e. The Kier molecular flexibility index (Phi) is 5.40. The van der Waals surface area contributed by atoms with Crippen LogP contribution in [0.5, 0.6) is 5.75 Å². The van der Waals surface area contributed by atoms with Gasteiger partial charge in [0.15, 0.2) is 0 Å². The van der Waals surface area contributed by atoms with Crippen molar-refractivity contribution in [3.63, 3.8) is 0 Å². The Labute approximate surface area is 128 Å². The Bertz CT molecular complexity index is 572. The van der Waals surface area contributed by atoms with Crippen molar-refractivity contribution in [1.29, 1.82) is 0 Å². The summed E-state index contributed by atoms with van der Waals surface area (Å²) in [6, 6.07) is 15.3. The topological polar surface area (TPSA) is 21.3 Å². The minimum Gasteiger partial charge on any atom is -0.494 e. The molecule has 2 aromatic carbocycles. The number of ether oxygens (including phenoxy) is 1. The third-order valence-electron chi connectivity index (χ3n) is 3.57. The third kappa shape index (κ3) is 4.61. The predicted molar refractivity (Wildman–Crippen MR) is 88.8 cm³/mol. The van der Waals surface area contributed by atoms with E-state index in [-0.39, 0.29) is 0 Å². The van der Waals surface area contributed by atoms with Crippen molar-refractivity contribution in [3.8, 4) is 5.75 Å². The Morgan fingerprint density at radius 1 is 1.05 bits per heavy atom. The molecule has 0 bridgehead atoms. The summed E-state index contributed by atoms with van der Waals surface area (Å²) in [5.41, 5.74) is 5.22. The lowest BCUT2D eigenvalue weighted by atomic mass is 10.0. The van der Waals surface area contributed by atoms with Crippen LogP contribution in [0.3, 0.4) is 0 Å². The van der Waals surface area contributed by atoms with Crippen LogP contribution in [-0.2, 0) is 6.54 Å². The van der Waals surface area contributed by atoms with Crippen LogP contribution in [0.15, 0.2) is 42.5 Å². The number of benzene rings is 2. The molecule has 21 heavy (non-hydrogen) atoms. The minimum absolute atomic E-state index is 0.333. The second-order valence-corrected chi connectivity index (χ2v) is 5.60. The van der Waals surface area contributed by atoms with E-state index in [2.05, 4.69) is 56.4 Å². The summed E-state index contributed by atoms with van der Waals surface area (Å²) >= 11 is 0. The lowest BCUT2D eigenvalue weighted by Crippen LogP contribution is -2.18. The molecule has 2 heteroatoms. The molecule has 0 aliphatic carbocycles. The van der Waals surface area contributed by atoms with Crippen LogP contribution in [0.25, 0.3) is 0 Å². The van der Waals surface area contributed by atoms with Crippen LogP contribution in [0, 0.1) is 13.8 Å². The largest absolute Gasteiger partial charge is 0.494 e. The Morgan fingerprint density at radius 3 is 2.43 bits per heavy atom. The van der Waals surface area contributed by atoms with E-state index in [1.807, 2.05) is 19.1 Å². The highest BCUT2D eigenvalue weighted by Gasteiger charge is 2.06. The molecule has 0 spiro atoms. The number of nitrogens with one attached hydrogen (secondary N) is 1. The Morgan fingerprint density at radius 2 is 1.76 bits per heavy atom. The quantitative estimate of drug-likeness (QED) is 0.839.